The second-order valence-corrected chi connectivity index (χ2v) is 3.16. The number of benzene rings is 1. The predicted octanol–water partition coefficient (Wildman–Crippen LogP) is 2.55. The molecule has 0 amide bonds. The van der Waals surface area contributed by atoms with Gasteiger partial charge in [-0.15, -0.1) is 0 Å². The fraction of sp³-hybridized carbons (Fsp3) is 0.200. The topological polar surface area (TPSA) is 40.9 Å². The largest absolute Gasteiger partial charge is 0.276 e. The molecule has 0 unspecified atom stereocenters. The number of halogens is 1. The molecule has 0 saturated carbocycles. The molecule has 66 valence electrons. The van der Waals surface area contributed by atoms with Gasteiger partial charge in [0.05, 0.1) is 17.2 Å². The molecule has 2 nitrogen and oxygen atoms in total. The first-order valence-electron chi connectivity index (χ1n) is 3.78. The monoisotopic (exact) mass is 193 g/mol. The molecule has 3 heteroatoms. The first-order valence-corrected chi connectivity index (χ1v) is 4.16. The summed E-state index contributed by atoms with van der Waals surface area (Å²) in [5, 5.41) is 8.15. The van der Waals surface area contributed by atoms with E-state index in [1.165, 1.54) is 0 Å². The SMILES string of the molecule is Cc1ccc(C#N)c(C(=O)Cl)c1C. The van der Waals surface area contributed by atoms with Gasteiger partial charge in [-0.05, 0) is 42.6 Å². The molecule has 0 fully saturated rings. The Morgan fingerprint density at radius 2 is 2.08 bits per heavy atom. The van der Waals surface area contributed by atoms with Crippen molar-refractivity contribution in [2.24, 2.45) is 0 Å². The average molecular weight is 194 g/mol. The number of rotatable bonds is 1. The van der Waals surface area contributed by atoms with Crippen molar-refractivity contribution >= 4 is 16.8 Å². The van der Waals surface area contributed by atoms with Gasteiger partial charge in [0.25, 0.3) is 5.24 Å². The Hall–Kier alpha value is -1.33. The lowest BCUT2D eigenvalue weighted by Gasteiger charge is -2.05. The summed E-state index contributed by atoms with van der Waals surface area (Å²) in [4.78, 5) is 11.0. The number of aryl methyl sites for hydroxylation is 1. The van der Waals surface area contributed by atoms with Crippen molar-refractivity contribution in [1.82, 2.24) is 0 Å². The number of hydrogen-bond donors (Lipinski definition) is 0. The first kappa shape index (κ1) is 9.76. The number of hydrogen-bond acceptors (Lipinski definition) is 2. The highest BCUT2D eigenvalue weighted by molar-refractivity contribution is 6.68. The van der Waals surface area contributed by atoms with Gasteiger partial charge in [-0.2, -0.15) is 5.26 Å². The third-order valence-electron chi connectivity index (χ3n) is 2.05. The van der Waals surface area contributed by atoms with Crippen molar-refractivity contribution in [3.8, 4) is 6.07 Å². The summed E-state index contributed by atoms with van der Waals surface area (Å²) < 4.78 is 0. The van der Waals surface area contributed by atoms with Crippen molar-refractivity contribution in [3.05, 3.63) is 34.4 Å². The van der Waals surface area contributed by atoms with E-state index in [9.17, 15) is 4.79 Å². The third-order valence-corrected chi connectivity index (χ3v) is 2.24. The van der Waals surface area contributed by atoms with E-state index >= 15 is 0 Å². The summed E-state index contributed by atoms with van der Waals surface area (Å²) in [6.07, 6.45) is 0. The summed E-state index contributed by atoms with van der Waals surface area (Å²) in [6.45, 7) is 3.66. The molecule has 1 aromatic rings. The highest BCUT2D eigenvalue weighted by Crippen LogP contribution is 2.19. The van der Waals surface area contributed by atoms with E-state index in [1.54, 1.807) is 19.1 Å². The van der Waals surface area contributed by atoms with Crippen LogP contribution in [0.5, 0.6) is 0 Å². The predicted molar refractivity (Wildman–Crippen MR) is 50.8 cm³/mol. The molecular weight excluding hydrogens is 186 g/mol. The van der Waals surface area contributed by atoms with Crippen LogP contribution < -0.4 is 0 Å². The maximum absolute atomic E-state index is 11.0. The molecule has 0 bridgehead atoms. The van der Waals surface area contributed by atoms with Crippen LogP contribution >= 0.6 is 11.6 Å². The summed E-state index contributed by atoms with van der Waals surface area (Å²) in [7, 11) is 0. The fourth-order valence-electron chi connectivity index (χ4n) is 1.16. The minimum absolute atomic E-state index is 0.323. The fourth-order valence-corrected chi connectivity index (χ4v) is 1.41. The summed E-state index contributed by atoms with van der Waals surface area (Å²) in [5.74, 6) is 0. The second-order valence-electron chi connectivity index (χ2n) is 2.82. The molecule has 0 radical (unpaired) electrons. The van der Waals surface area contributed by atoms with Crippen LogP contribution in [0.25, 0.3) is 0 Å². The number of nitriles is 1. The van der Waals surface area contributed by atoms with Gasteiger partial charge >= 0.3 is 0 Å². The van der Waals surface area contributed by atoms with E-state index < -0.39 is 5.24 Å². The minimum Gasteiger partial charge on any atom is -0.276 e. The Bertz CT molecular complexity index is 404. The van der Waals surface area contributed by atoms with E-state index in [4.69, 9.17) is 16.9 Å². The number of carbonyl (C=O) groups excluding carboxylic acids is 1. The summed E-state index contributed by atoms with van der Waals surface area (Å²) in [6, 6.07) is 5.35. The van der Waals surface area contributed by atoms with Crippen LogP contribution in [0.2, 0.25) is 0 Å². The van der Waals surface area contributed by atoms with Gasteiger partial charge in [0.15, 0.2) is 0 Å². The second kappa shape index (κ2) is 3.59. The van der Waals surface area contributed by atoms with Gasteiger partial charge in [-0.3, -0.25) is 4.79 Å². The van der Waals surface area contributed by atoms with E-state index in [-0.39, 0.29) is 0 Å². The molecule has 1 aromatic carbocycles. The van der Waals surface area contributed by atoms with E-state index in [2.05, 4.69) is 0 Å². The zero-order chi connectivity index (χ0) is 10.0. The molecule has 0 aliphatic rings. The van der Waals surface area contributed by atoms with Crippen molar-refractivity contribution in [1.29, 1.82) is 5.26 Å². The van der Waals surface area contributed by atoms with E-state index in [0.717, 1.165) is 11.1 Å². The molecule has 0 atom stereocenters. The molecule has 0 saturated heterocycles. The van der Waals surface area contributed by atoms with Crippen LogP contribution in [-0.2, 0) is 0 Å². The maximum Gasteiger partial charge on any atom is 0.254 e. The molecular formula is C10H8ClNO. The minimum atomic E-state index is -0.572. The Balaban J connectivity index is 3.53. The first-order chi connectivity index (χ1) is 6.07. The highest BCUT2D eigenvalue weighted by Gasteiger charge is 2.13. The van der Waals surface area contributed by atoms with Crippen LogP contribution in [0.1, 0.15) is 27.0 Å². The molecule has 0 aliphatic heterocycles. The Labute approximate surface area is 81.7 Å². The normalized spacial score (nSPS) is 9.38. The van der Waals surface area contributed by atoms with Gasteiger partial charge in [0, 0.05) is 0 Å². The van der Waals surface area contributed by atoms with Gasteiger partial charge in [-0.25, -0.2) is 0 Å². The summed E-state index contributed by atoms with van der Waals surface area (Å²) >= 11 is 5.37. The van der Waals surface area contributed by atoms with Crippen LogP contribution in [0.15, 0.2) is 12.1 Å². The Morgan fingerprint density at radius 1 is 1.46 bits per heavy atom. The zero-order valence-corrected chi connectivity index (χ0v) is 8.14. The zero-order valence-electron chi connectivity index (χ0n) is 7.39. The smallest absolute Gasteiger partial charge is 0.254 e. The molecule has 0 aromatic heterocycles. The van der Waals surface area contributed by atoms with E-state index in [0.29, 0.717) is 11.1 Å². The van der Waals surface area contributed by atoms with Crippen molar-refractivity contribution < 1.29 is 4.79 Å². The van der Waals surface area contributed by atoms with E-state index in [1.807, 2.05) is 13.0 Å². The standard InChI is InChI=1S/C10H8ClNO/c1-6-3-4-8(5-12)9(7(6)2)10(11)13/h3-4H,1-2H3. The molecule has 0 spiro atoms. The molecule has 0 aliphatic carbocycles. The lowest BCUT2D eigenvalue weighted by atomic mass is 9.99. The maximum atomic E-state index is 11.0. The third kappa shape index (κ3) is 1.71. The van der Waals surface area contributed by atoms with Crippen LogP contribution in [-0.4, -0.2) is 5.24 Å². The highest BCUT2D eigenvalue weighted by atomic mass is 35.5. The number of nitrogens with zero attached hydrogens (tertiary/aromatic N) is 1. The van der Waals surface area contributed by atoms with Crippen LogP contribution in [0, 0.1) is 25.2 Å². The van der Waals surface area contributed by atoms with Gasteiger partial charge in [0.2, 0.25) is 0 Å². The molecule has 1 rings (SSSR count). The Morgan fingerprint density at radius 3 is 2.54 bits per heavy atom. The molecule has 13 heavy (non-hydrogen) atoms. The summed E-state index contributed by atoms with van der Waals surface area (Å²) in [5.41, 5.74) is 2.40. The van der Waals surface area contributed by atoms with Crippen molar-refractivity contribution in [2.45, 2.75) is 13.8 Å². The van der Waals surface area contributed by atoms with Gasteiger partial charge in [0.1, 0.15) is 0 Å². The van der Waals surface area contributed by atoms with Crippen LogP contribution in [0.3, 0.4) is 0 Å². The molecule has 0 heterocycles. The number of carbonyl (C=O) groups is 1. The lowest BCUT2D eigenvalue weighted by molar-refractivity contribution is 0.108. The van der Waals surface area contributed by atoms with Gasteiger partial charge in [-0.1, -0.05) is 6.07 Å². The lowest BCUT2D eigenvalue weighted by Crippen LogP contribution is -1.99. The average Bonchev–Trinajstić information content (AvgIpc) is 2.08. The van der Waals surface area contributed by atoms with Crippen LogP contribution in [0.4, 0.5) is 0 Å². The Kier molecular flexibility index (Phi) is 2.69. The van der Waals surface area contributed by atoms with Crippen molar-refractivity contribution in [2.75, 3.05) is 0 Å². The molecule has 0 N–H and O–H groups in total. The quantitative estimate of drug-likeness (QED) is 0.644. The van der Waals surface area contributed by atoms with Gasteiger partial charge < -0.3 is 0 Å². The van der Waals surface area contributed by atoms with Crippen molar-refractivity contribution in [3.63, 3.8) is 0 Å².